The number of azide groups is 1. The summed E-state index contributed by atoms with van der Waals surface area (Å²) in [6.45, 7) is 1.88. The molecule has 0 fully saturated rings. The fourth-order valence-corrected chi connectivity index (χ4v) is 5.99. The van der Waals surface area contributed by atoms with Gasteiger partial charge in [-0.25, -0.2) is 14.4 Å². The van der Waals surface area contributed by atoms with Gasteiger partial charge < -0.3 is 45.3 Å². The molecule has 0 aliphatic carbocycles. The van der Waals surface area contributed by atoms with Gasteiger partial charge in [0.25, 0.3) is 0 Å². The molecule has 3 unspecified atom stereocenters. The standard InChI is InChI=1S/C43H61N7O12/c1-30(51)35(12-8-10-26-45-38(52)14-6-4-5-7-15-39(53)47-36(41(55)56)13-9-11-27-46-50-44)48-43(58)49-37(42(57)62-29-32-18-22-34(60-3)23-19-32)24-25-40(54)61-28-31-16-20-33(59-2)21-17-31/h16-23,35-37H,4-15,24-29H2,1-3H3,(H,45,52)(H,47,53)(H,55,56)(H2,48,49,58). The molecule has 2 aromatic rings. The lowest BCUT2D eigenvalue weighted by atomic mass is 10.1. The summed E-state index contributed by atoms with van der Waals surface area (Å²) in [4.78, 5) is 90.0. The number of aliphatic carboxylic acids is 1. The van der Waals surface area contributed by atoms with Crippen molar-refractivity contribution in [2.24, 2.45) is 5.11 Å². The van der Waals surface area contributed by atoms with Gasteiger partial charge in [0, 0.05) is 37.3 Å². The Labute approximate surface area is 362 Å². The van der Waals surface area contributed by atoms with E-state index in [-0.39, 0.29) is 69.5 Å². The molecule has 0 aliphatic heterocycles. The molecule has 19 nitrogen and oxygen atoms in total. The molecule has 2 aromatic carbocycles. The van der Waals surface area contributed by atoms with E-state index < -0.39 is 42.1 Å². The Morgan fingerprint density at radius 1 is 0.645 bits per heavy atom. The number of ketones is 1. The van der Waals surface area contributed by atoms with E-state index in [9.17, 15) is 38.7 Å². The summed E-state index contributed by atoms with van der Waals surface area (Å²) in [6, 6.07) is 9.94. The zero-order valence-electron chi connectivity index (χ0n) is 35.9. The molecule has 0 aromatic heterocycles. The highest BCUT2D eigenvalue weighted by Gasteiger charge is 2.26. The van der Waals surface area contributed by atoms with Crippen molar-refractivity contribution in [1.29, 1.82) is 0 Å². The van der Waals surface area contributed by atoms with Crippen molar-refractivity contribution in [3.63, 3.8) is 0 Å². The molecule has 0 bridgehead atoms. The van der Waals surface area contributed by atoms with Crippen LogP contribution >= 0.6 is 0 Å². The number of esters is 2. The van der Waals surface area contributed by atoms with Gasteiger partial charge in [-0.3, -0.25) is 19.2 Å². The van der Waals surface area contributed by atoms with Crippen LogP contribution in [0, 0.1) is 0 Å². The Morgan fingerprint density at radius 2 is 1.19 bits per heavy atom. The van der Waals surface area contributed by atoms with E-state index in [0.29, 0.717) is 81.4 Å². The maximum Gasteiger partial charge on any atom is 0.329 e. The van der Waals surface area contributed by atoms with Gasteiger partial charge in [-0.05, 0) is 99.2 Å². The lowest BCUT2D eigenvalue weighted by molar-refractivity contribution is -0.149. The van der Waals surface area contributed by atoms with Crippen LogP contribution in [0.15, 0.2) is 53.6 Å². The number of carbonyl (C=O) groups excluding carboxylic acids is 6. The first-order valence-electron chi connectivity index (χ1n) is 20.8. The average molecular weight is 868 g/mol. The van der Waals surface area contributed by atoms with Gasteiger partial charge in [-0.15, -0.1) is 0 Å². The Morgan fingerprint density at radius 3 is 1.76 bits per heavy atom. The Hall–Kier alpha value is -6.36. The van der Waals surface area contributed by atoms with Gasteiger partial charge in [-0.1, -0.05) is 48.6 Å². The van der Waals surface area contributed by atoms with Gasteiger partial charge in [0.05, 0.1) is 20.3 Å². The van der Waals surface area contributed by atoms with Crippen LogP contribution in [-0.4, -0.2) is 92.1 Å². The zero-order chi connectivity index (χ0) is 45.5. The van der Waals surface area contributed by atoms with E-state index in [2.05, 4.69) is 31.3 Å². The first-order valence-corrected chi connectivity index (χ1v) is 20.8. The zero-order valence-corrected chi connectivity index (χ0v) is 35.9. The first kappa shape index (κ1) is 51.8. The highest BCUT2D eigenvalue weighted by atomic mass is 16.5. The number of carboxylic acids is 1. The van der Waals surface area contributed by atoms with Crippen LogP contribution in [0.5, 0.6) is 11.5 Å². The molecule has 340 valence electrons. The average Bonchev–Trinajstić information content (AvgIpc) is 3.26. The minimum absolute atomic E-state index is 0.00210. The molecule has 0 spiro atoms. The molecule has 5 N–H and O–H groups in total. The van der Waals surface area contributed by atoms with Crippen molar-refractivity contribution >= 4 is 41.5 Å². The number of hydrogen-bond acceptors (Lipinski definition) is 12. The first-order chi connectivity index (χ1) is 29.8. The van der Waals surface area contributed by atoms with E-state index in [0.717, 1.165) is 5.56 Å². The molecule has 0 saturated carbocycles. The lowest BCUT2D eigenvalue weighted by Gasteiger charge is -2.21. The van der Waals surface area contributed by atoms with Gasteiger partial charge in [0.15, 0.2) is 5.78 Å². The topological polar surface area (TPSA) is 274 Å². The second kappa shape index (κ2) is 30.6. The Bertz CT molecular complexity index is 1770. The largest absolute Gasteiger partial charge is 0.497 e. The smallest absolute Gasteiger partial charge is 0.329 e. The normalized spacial score (nSPS) is 12.0. The van der Waals surface area contributed by atoms with Crippen molar-refractivity contribution in [3.05, 3.63) is 70.1 Å². The molecule has 4 amide bonds. The van der Waals surface area contributed by atoms with E-state index in [1.165, 1.54) is 14.0 Å². The Balaban J connectivity index is 1.74. The van der Waals surface area contributed by atoms with Crippen molar-refractivity contribution < 1.29 is 57.6 Å². The summed E-state index contributed by atoms with van der Waals surface area (Å²) < 4.78 is 21.1. The number of unbranched alkanes of at least 4 members (excludes halogenated alkanes) is 5. The molecule has 0 heterocycles. The molecular formula is C43H61N7O12. The predicted octanol–water partition coefficient (Wildman–Crippen LogP) is 5.57. The second-order valence-corrected chi connectivity index (χ2v) is 14.5. The van der Waals surface area contributed by atoms with E-state index in [4.69, 9.17) is 24.5 Å². The van der Waals surface area contributed by atoms with Crippen LogP contribution in [0.3, 0.4) is 0 Å². The number of rotatable bonds is 32. The SMILES string of the molecule is COc1ccc(COC(=O)CCC(NC(=O)NC(CCCCNC(=O)CCCCCCC(=O)NC(CCCCN=[N+]=[N-])C(=O)O)C(C)=O)C(=O)OCc2ccc(OC)cc2)cc1. The molecule has 3 atom stereocenters. The number of methoxy groups -OCH3 is 2. The highest BCUT2D eigenvalue weighted by molar-refractivity contribution is 5.89. The van der Waals surface area contributed by atoms with Crippen LogP contribution in [0.4, 0.5) is 4.79 Å². The van der Waals surface area contributed by atoms with E-state index in [1.54, 1.807) is 55.6 Å². The predicted molar refractivity (Wildman–Crippen MR) is 227 cm³/mol. The van der Waals surface area contributed by atoms with Gasteiger partial charge in [0.1, 0.15) is 36.8 Å². The van der Waals surface area contributed by atoms with Crippen molar-refractivity contribution in [3.8, 4) is 11.5 Å². The van der Waals surface area contributed by atoms with Crippen molar-refractivity contribution in [2.75, 3.05) is 27.3 Å². The molecule has 0 aliphatic rings. The molecule has 0 radical (unpaired) electrons. The van der Waals surface area contributed by atoms with E-state index in [1.807, 2.05) is 0 Å². The summed E-state index contributed by atoms with van der Waals surface area (Å²) in [5.41, 5.74) is 9.72. The fourth-order valence-electron chi connectivity index (χ4n) is 5.99. The summed E-state index contributed by atoms with van der Waals surface area (Å²) in [5.74, 6) is -2.00. The number of nitrogens with zero attached hydrogens (tertiary/aromatic N) is 3. The third-order valence-electron chi connectivity index (χ3n) is 9.62. The summed E-state index contributed by atoms with van der Waals surface area (Å²) in [6.07, 6.45) is 5.30. The Kier molecular flexibility index (Phi) is 25.6. The number of Topliss-reactive ketones (excluding diaryl/α,β-unsaturated/α-hetero) is 1. The quantitative estimate of drug-likeness (QED) is 0.0198. The van der Waals surface area contributed by atoms with Gasteiger partial charge in [-0.2, -0.15) is 0 Å². The lowest BCUT2D eigenvalue weighted by Crippen LogP contribution is -2.51. The number of nitrogens with one attached hydrogen (secondary N) is 4. The molecular weight excluding hydrogens is 807 g/mol. The number of hydrogen-bond donors (Lipinski definition) is 5. The van der Waals surface area contributed by atoms with Crippen LogP contribution in [0.25, 0.3) is 10.4 Å². The van der Waals surface area contributed by atoms with Gasteiger partial charge >= 0.3 is 23.9 Å². The summed E-state index contributed by atoms with van der Waals surface area (Å²) in [7, 11) is 3.07. The monoisotopic (exact) mass is 867 g/mol. The number of carboxylic acid groups (broad SMARTS) is 1. The minimum Gasteiger partial charge on any atom is -0.497 e. The van der Waals surface area contributed by atoms with Crippen LogP contribution in [0.2, 0.25) is 0 Å². The highest BCUT2D eigenvalue weighted by Crippen LogP contribution is 2.15. The number of urea groups is 1. The number of ether oxygens (including phenoxy) is 4. The van der Waals surface area contributed by atoms with E-state index >= 15 is 0 Å². The molecule has 2 rings (SSSR count). The molecule has 0 saturated heterocycles. The van der Waals surface area contributed by atoms with Crippen molar-refractivity contribution in [1.82, 2.24) is 21.3 Å². The third-order valence-corrected chi connectivity index (χ3v) is 9.62. The van der Waals surface area contributed by atoms with Crippen LogP contribution in [0.1, 0.15) is 108 Å². The fraction of sp³-hybridized carbons (Fsp3) is 0.558. The summed E-state index contributed by atoms with van der Waals surface area (Å²) >= 11 is 0. The van der Waals surface area contributed by atoms with Gasteiger partial charge in [0.2, 0.25) is 11.8 Å². The number of amides is 4. The maximum absolute atomic E-state index is 13.2. The number of benzene rings is 2. The van der Waals surface area contributed by atoms with Crippen LogP contribution < -0.4 is 30.7 Å². The molecule has 19 heteroatoms. The second-order valence-electron chi connectivity index (χ2n) is 14.5. The van der Waals surface area contributed by atoms with Crippen LogP contribution in [-0.2, 0) is 51.5 Å². The number of carbonyl (C=O) groups is 7. The third kappa shape index (κ3) is 22.9. The molecule has 62 heavy (non-hydrogen) atoms. The maximum atomic E-state index is 13.2. The van der Waals surface area contributed by atoms with Crippen molar-refractivity contribution in [2.45, 2.75) is 128 Å². The summed E-state index contributed by atoms with van der Waals surface area (Å²) in [5, 5.41) is 23.3. The minimum atomic E-state index is -1.24.